The SMILES string of the molecule is Fc1ccccc1-c1nnc2ccc(N3CCC(c4nc(-c5ccccn5)no4)CC3)nn12. The zero-order valence-corrected chi connectivity index (χ0v) is 17.5. The highest BCUT2D eigenvalue weighted by molar-refractivity contribution is 5.60. The second kappa shape index (κ2) is 8.05. The Labute approximate surface area is 187 Å². The molecule has 33 heavy (non-hydrogen) atoms. The molecule has 6 rings (SSSR count). The van der Waals surface area contributed by atoms with E-state index in [1.165, 1.54) is 6.07 Å². The van der Waals surface area contributed by atoms with Crippen LogP contribution in [0, 0.1) is 5.82 Å². The van der Waals surface area contributed by atoms with Crippen LogP contribution in [0.2, 0.25) is 0 Å². The topological polar surface area (TPSA) is 98.1 Å². The highest BCUT2D eigenvalue weighted by atomic mass is 19.1. The lowest BCUT2D eigenvalue weighted by Crippen LogP contribution is -2.33. The molecule has 0 saturated carbocycles. The maximum Gasteiger partial charge on any atom is 0.230 e. The largest absolute Gasteiger partial charge is 0.355 e. The maximum absolute atomic E-state index is 14.3. The van der Waals surface area contributed by atoms with Crippen LogP contribution in [0.15, 0.2) is 65.3 Å². The lowest BCUT2D eigenvalue weighted by atomic mass is 9.97. The standard InChI is InChI=1S/C23H19FN8O/c24-17-6-2-1-5-16(17)22-28-27-19-8-9-20(29-32(19)22)31-13-10-15(11-14-31)23-26-21(30-33-23)18-7-3-4-12-25-18/h1-9,12,15H,10-11,13-14H2. The highest BCUT2D eigenvalue weighted by Gasteiger charge is 2.27. The minimum Gasteiger partial charge on any atom is -0.355 e. The first-order chi connectivity index (χ1) is 16.3. The van der Waals surface area contributed by atoms with Gasteiger partial charge in [-0.3, -0.25) is 4.98 Å². The van der Waals surface area contributed by atoms with Gasteiger partial charge >= 0.3 is 0 Å². The zero-order chi connectivity index (χ0) is 22.2. The summed E-state index contributed by atoms with van der Waals surface area (Å²) in [6.07, 6.45) is 3.42. The van der Waals surface area contributed by atoms with Gasteiger partial charge in [-0.2, -0.15) is 9.50 Å². The summed E-state index contributed by atoms with van der Waals surface area (Å²) >= 11 is 0. The number of halogens is 1. The van der Waals surface area contributed by atoms with E-state index in [2.05, 4.69) is 30.2 Å². The summed E-state index contributed by atoms with van der Waals surface area (Å²) < 4.78 is 21.4. The number of fused-ring (bicyclic) bond motifs is 1. The molecule has 0 spiro atoms. The maximum atomic E-state index is 14.3. The molecule has 1 aromatic carbocycles. The van der Waals surface area contributed by atoms with Crippen molar-refractivity contribution in [3.63, 3.8) is 0 Å². The number of hydrogen-bond donors (Lipinski definition) is 0. The molecule has 0 aliphatic carbocycles. The summed E-state index contributed by atoms with van der Waals surface area (Å²) in [4.78, 5) is 11.0. The lowest BCUT2D eigenvalue weighted by molar-refractivity contribution is 0.329. The van der Waals surface area contributed by atoms with Crippen molar-refractivity contribution >= 4 is 11.5 Å². The van der Waals surface area contributed by atoms with E-state index in [1.54, 1.807) is 28.9 Å². The zero-order valence-electron chi connectivity index (χ0n) is 17.5. The Morgan fingerprint density at radius 1 is 0.939 bits per heavy atom. The predicted molar refractivity (Wildman–Crippen MR) is 118 cm³/mol. The van der Waals surface area contributed by atoms with E-state index in [-0.39, 0.29) is 11.7 Å². The van der Waals surface area contributed by atoms with Crippen molar-refractivity contribution in [3.05, 3.63) is 72.5 Å². The number of benzene rings is 1. The van der Waals surface area contributed by atoms with Crippen molar-refractivity contribution in [1.29, 1.82) is 0 Å². The summed E-state index contributed by atoms with van der Waals surface area (Å²) in [5.74, 6) is 2.14. The van der Waals surface area contributed by atoms with Gasteiger partial charge in [-0.05, 0) is 49.2 Å². The highest BCUT2D eigenvalue weighted by Crippen LogP contribution is 2.30. The number of piperidine rings is 1. The van der Waals surface area contributed by atoms with Crippen LogP contribution in [0.5, 0.6) is 0 Å². The van der Waals surface area contributed by atoms with E-state index in [0.717, 1.165) is 31.7 Å². The van der Waals surface area contributed by atoms with Crippen molar-refractivity contribution in [2.75, 3.05) is 18.0 Å². The number of pyridine rings is 1. The normalized spacial score (nSPS) is 14.8. The van der Waals surface area contributed by atoms with Gasteiger partial charge in [-0.1, -0.05) is 23.4 Å². The molecule has 10 heteroatoms. The quantitative estimate of drug-likeness (QED) is 0.415. The van der Waals surface area contributed by atoms with Crippen molar-refractivity contribution in [1.82, 2.24) is 34.9 Å². The molecule has 5 aromatic rings. The molecule has 5 heterocycles. The fraction of sp³-hybridized carbons (Fsp3) is 0.217. The summed E-state index contributed by atoms with van der Waals surface area (Å²) in [7, 11) is 0. The van der Waals surface area contributed by atoms with Crippen molar-refractivity contribution < 1.29 is 8.91 Å². The Hall–Kier alpha value is -4.21. The van der Waals surface area contributed by atoms with Crippen LogP contribution in [0.4, 0.5) is 10.2 Å². The smallest absolute Gasteiger partial charge is 0.230 e. The molecular weight excluding hydrogens is 423 g/mol. The molecule has 9 nitrogen and oxygen atoms in total. The van der Waals surface area contributed by atoms with Crippen molar-refractivity contribution in [3.8, 4) is 22.9 Å². The fourth-order valence-electron chi connectivity index (χ4n) is 4.11. The number of rotatable bonds is 4. The Kier molecular flexibility index (Phi) is 4.75. The summed E-state index contributed by atoms with van der Waals surface area (Å²) in [5.41, 5.74) is 1.63. The molecule has 0 unspecified atom stereocenters. The summed E-state index contributed by atoms with van der Waals surface area (Å²) in [6, 6.07) is 15.9. The molecule has 0 atom stereocenters. The van der Waals surface area contributed by atoms with Gasteiger partial charge < -0.3 is 9.42 Å². The Morgan fingerprint density at radius 2 is 1.79 bits per heavy atom. The van der Waals surface area contributed by atoms with Crippen molar-refractivity contribution in [2.45, 2.75) is 18.8 Å². The van der Waals surface area contributed by atoms with Gasteiger partial charge in [-0.25, -0.2) is 4.39 Å². The van der Waals surface area contributed by atoms with Gasteiger partial charge in [0.1, 0.15) is 17.3 Å². The molecule has 0 radical (unpaired) electrons. The Morgan fingerprint density at radius 3 is 2.61 bits per heavy atom. The molecule has 1 aliphatic rings. The predicted octanol–water partition coefficient (Wildman–Crippen LogP) is 3.76. The van der Waals surface area contributed by atoms with E-state index in [1.807, 2.05) is 30.3 Å². The van der Waals surface area contributed by atoms with Gasteiger partial charge in [0.2, 0.25) is 11.7 Å². The van der Waals surface area contributed by atoms with Crippen LogP contribution >= 0.6 is 0 Å². The molecule has 0 N–H and O–H groups in total. The average Bonchev–Trinajstić information content (AvgIpc) is 3.53. The van der Waals surface area contributed by atoms with Gasteiger partial charge in [0.15, 0.2) is 11.5 Å². The van der Waals surface area contributed by atoms with Crippen LogP contribution in [0.3, 0.4) is 0 Å². The molecule has 164 valence electrons. The average molecular weight is 442 g/mol. The van der Waals surface area contributed by atoms with E-state index in [0.29, 0.717) is 34.4 Å². The Balaban J connectivity index is 1.21. The number of aromatic nitrogens is 7. The van der Waals surface area contributed by atoms with E-state index < -0.39 is 0 Å². The van der Waals surface area contributed by atoms with E-state index in [9.17, 15) is 4.39 Å². The first-order valence-electron chi connectivity index (χ1n) is 10.7. The fourth-order valence-corrected chi connectivity index (χ4v) is 4.11. The monoisotopic (exact) mass is 442 g/mol. The molecule has 1 fully saturated rings. The van der Waals surface area contributed by atoms with E-state index >= 15 is 0 Å². The summed E-state index contributed by atoms with van der Waals surface area (Å²) in [5, 5.41) is 17.1. The second-order valence-electron chi connectivity index (χ2n) is 7.90. The minimum atomic E-state index is -0.357. The number of nitrogens with zero attached hydrogens (tertiary/aromatic N) is 8. The second-order valence-corrected chi connectivity index (χ2v) is 7.90. The van der Waals surface area contributed by atoms with Crippen LogP contribution in [-0.4, -0.2) is 48.0 Å². The third-order valence-corrected chi connectivity index (χ3v) is 5.87. The molecule has 4 aromatic heterocycles. The Bertz CT molecular complexity index is 1410. The van der Waals surface area contributed by atoms with E-state index in [4.69, 9.17) is 9.62 Å². The minimum absolute atomic E-state index is 0.179. The molecule has 0 amide bonds. The first kappa shape index (κ1) is 19.5. The molecule has 1 saturated heterocycles. The molecule has 0 bridgehead atoms. The van der Waals surface area contributed by atoms with Gasteiger partial charge in [-0.15, -0.1) is 15.3 Å². The van der Waals surface area contributed by atoms with Crippen LogP contribution in [0.25, 0.3) is 28.6 Å². The van der Waals surface area contributed by atoms with Crippen LogP contribution < -0.4 is 4.90 Å². The lowest BCUT2D eigenvalue weighted by Gasteiger charge is -2.31. The molecule has 1 aliphatic heterocycles. The summed E-state index contributed by atoms with van der Waals surface area (Å²) in [6.45, 7) is 1.56. The third-order valence-electron chi connectivity index (χ3n) is 5.87. The first-order valence-corrected chi connectivity index (χ1v) is 10.7. The molecular formula is C23H19FN8O. The van der Waals surface area contributed by atoms with Gasteiger partial charge in [0.25, 0.3) is 0 Å². The van der Waals surface area contributed by atoms with Crippen LogP contribution in [0.1, 0.15) is 24.7 Å². The third kappa shape index (κ3) is 3.59. The number of hydrogen-bond acceptors (Lipinski definition) is 8. The van der Waals surface area contributed by atoms with Gasteiger partial charge in [0.05, 0.1) is 5.56 Å². The van der Waals surface area contributed by atoms with Gasteiger partial charge in [0, 0.05) is 25.2 Å². The van der Waals surface area contributed by atoms with Crippen molar-refractivity contribution in [2.24, 2.45) is 0 Å². The number of anilines is 1. The van der Waals surface area contributed by atoms with Crippen LogP contribution in [-0.2, 0) is 0 Å².